The fourth-order valence-corrected chi connectivity index (χ4v) is 3.09. The van der Waals surface area contributed by atoms with Crippen LogP contribution in [0.2, 0.25) is 0 Å². The first-order valence-corrected chi connectivity index (χ1v) is 10.2. The number of hydrogen-bond donors (Lipinski definition) is 0. The van der Waals surface area contributed by atoms with Crippen LogP contribution in [0.4, 0.5) is 17.6 Å². The second-order valence-electron chi connectivity index (χ2n) is 7.28. The van der Waals surface area contributed by atoms with E-state index in [0.29, 0.717) is 17.9 Å². The lowest BCUT2D eigenvalue weighted by atomic mass is 10.0. The van der Waals surface area contributed by atoms with Gasteiger partial charge in [-0.1, -0.05) is 44.0 Å². The molecule has 0 saturated carbocycles. The molecule has 0 spiro atoms. The summed E-state index contributed by atoms with van der Waals surface area (Å²) in [4.78, 5) is 0. The van der Waals surface area contributed by atoms with Crippen LogP contribution in [0, 0.1) is 30.2 Å². The smallest absolute Gasteiger partial charge is 0.201 e. The summed E-state index contributed by atoms with van der Waals surface area (Å²) in [5.74, 6) is -3.56. The summed E-state index contributed by atoms with van der Waals surface area (Å²) in [6.45, 7) is 3.71. The molecular formula is C25H24F4O2. The average Bonchev–Trinajstić information content (AvgIpc) is 2.78. The molecule has 6 heteroatoms. The van der Waals surface area contributed by atoms with E-state index < -0.39 is 23.3 Å². The van der Waals surface area contributed by atoms with Crippen LogP contribution in [0.1, 0.15) is 37.3 Å². The summed E-state index contributed by atoms with van der Waals surface area (Å²) in [7, 11) is 0. The highest BCUT2D eigenvalue weighted by Gasteiger charge is 2.16. The monoisotopic (exact) mass is 432 g/mol. The van der Waals surface area contributed by atoms with Crippen molar-refractivity contribution < 1.29 is 27.0 Å². The van der Waals surface area contributed by atoms with Gasteiger partial charge in [0.05, 0.1) is 6.61 Å². The Hall–Kier alpha value is -3.02. The molecular weight excluding hydrogens is 408 g/mol. The predicted octanol–water partition coefficient (Wildman–Crippen LogP) is 7.37. The summed E-state index contributed by atoms with van der Waals surface area (Å²) in [5.41, 5.74) is 0.859. The molecule has 0 N–H and O–H groups in total. The minimum Gasteiger partial charge on any atom is -0.490 e. The lowest BCUT2D eigenvalue weighted by Crippen LogP contribution is -2.02. The summed E-state index contributed by atoms with van der Waals surface area (Å²) in [6.07, 6.45) is 2.75. The number of halogens is 4. The van der Waals surface area contributed by atoms with Gasteiger partial charge in [-0.05, 0) is 48.7 Å². The van der Waals surface area contributed by atoms with Crippen LogP contribution in [-0.2, 0) is 6.61 Å². The molecule has 0 unspecified atom stereocenters. The van der Waals surface area contributed by atoms with Crippen LogP contribution in [-0.4, -0.2) is 6.61 Å². The van der Waals surface area contributed by atoms with E-state index in [-0.39, 0.29) is 29.0 Å². The first kappa shape index (κ1) is 22.7. The van der Waals surface area contributed by atoms with E-state index in [0.717, 1.165) is 19.3 Å². The first-order chi connectivity index (χ1) is 14.9. The van der Waals surface area contributed by atoms with Gasteiger partial charge in [0.1, 0.15) is 12.4 Å². The largest absolute Gasteiger partial charge is 0.490 e. The highest BCUT2D eigenvalue weighted by molar-refractivity contribution is 5.66. The van der Waals surface area contributed by atoms with Gasteiger partial charge in [-0.25, -0.2) is 13.2 Å². The van der Waals surface area contributed by atoms with Gasteiger partial charge in [-0.2, -0.15) is 4.39 Å². The van der Waals surface area contributed by atoms with E-state index in [1.165, 1.54) is 31.2 Å². The Morgan fingerprint density at radius 2 is 1.45 bits per heavy atom. The number of unbranched alkanes of at least 4 members (excludes halogenated alkanes) is 2. The number of benzene rings is 3. The second kappa shape index (κ2) is 10.3. The van der Waals surface area contributed by atoms with E-state index in [4.69, 9.17) is 9.47 Å². The van der Waals surface area contributed by atoms with Crippen molar-refractivity contribution in [2.24, 2.45) is 0 Å². The normalized spacial score (nSPS) is 10.9. The zero-order valence-corrected chi connectivity index (χ0v) is 17.5. The molecule has 0 bridgehead atoms. The maximum atomic E-state index is 14.5. The minimum atomic E-state index is -1.02. The van der Waals surface area contributed by atoms with Crippen molar-refractivity contribution in [2.45, 2.75) is 39.7 Å². The van der Waals surface area contributed by atoms with E-state index in [2.05, 4.69) is 0 Å². The lowest BCUT2D eigenvalue weighted by molar-refractivity contribution is 0.286. The molecule has 0 aliphatic rings. The van der Waals surface area contributed by atoms with Crippen molar-refractivity contribution in [2.75, 3.05) is 6.61 Å². The van der Waals surface area contributed by atoms with Gasteiger partial charge in [-0.3, -0.25) is 0 Å². The topological polar surface area (TPSA) is 18.5 Å². The van der Waals surface area contributed by atoms with Gasteiger partial charge in [0, 0.05) is 11.1 Å². The molecule has 0 aliphatic heterocycles. The van der Waals surface area contributed by atoms with Crippen molar-refractivity contribution >= 4 is 0 Å². The average molecular weight is 432 g/mol. The fraction of sp³-hybridized carbons (Fsp3) is 0.280. The molecule has 0 saturated heterocycles. The summed E-state index contributed by atoms with van der Waals surface area (Å²) < 4.78 is 67.3. The molecule has 0 fully saturated rings. The molecule has 0 radical (unpaired) electrons. The van der Waals surface area contributed by atoms with Crippen LogP contribution >= 0.6 is 0 Å². The molecule has 0 atom stereocenters. The third-order valence-corrected chi connectivity index (χ3v) is 4.97. The van der Waals surface area contributed by atoms with Crippen molar-refractivity contribution in [3.8, 4) is 22.6 Å². The highest BCUT2D eigenvalue weighted by atomic mass is 19.2. The van der Waals surface area contributed by atoms with E-state index in [1.54, 1.807) is 24.3 Å². The van der Waals surface area contributed by atoms with Gasteiger partial charge >= 0.3 is 0 Å². The minimum absolute atomic E-state index is 0.0924. The molecule has 164 valence electrons. The van der Waals surface area contributed by atoms with Crippen LogP contribution in [0.15, 0.2) is 48.5 Å². The molecule has 0 aliphatic carbocycles. The highest BCUT2D eigenvalue weighted by Crippen LogP contribution is 2.31. The SMILES string of the molecule is CCCCCOc1ccc(-c2ccc(OCc3ccc(C)c(F)c3F)cc2)c(F)c1F. The molecule has 2 nitrogen and oxygen atoms in total. The summed E-state index contributed by atoms with van der Waals surface area (Å²) in [6, 6.07) is 12.1. The Morgan fingerprint density at radius 3 is 2.16 bits per heavy atom. The quantitative estimate of drug-likeness (QED) is 0.260. The van der Waals surface area contributed by atoms with Crippen LogP contribution in [0.3, 0.4) is 0 Å². The number of aryl methyl sites for hydroxylation is 1. The number of ether oxygens (including phenoxy) is 2. The Bertz CT molecular complexity index is 1030. The zero-order valence-electron chi connectivity index (χ0n) is 17.5. The summed E-state index contributed by atoms with van der Waals surface area (Å²) in [5, 5.41) is 0. The van der Waals surface area contributed by atoms with Gasteiger partial charge in [-0.15, -0.1) is 0 Å². The Labute approximate surface area is 179 Å². The third kappa shape index (κ3) is 5.37. The van der Waals surface area contributed by atoms with Crippen molar-refractivity contribution in [1.82, 2.24) is 0 Å². The van der Waals surface area contributed by atoms with E-state index >= 15 is 0 Å². The zero-order chi connectivity index (χ0) is 22.4. The van der Waals surface area contributed by atoms with Gasteiger partial charge in [0.25, 0.3) is 0 Å². The molecule has 31 heavy (non-hydrogen) atoms. The van der Waals surface area contributed by atoms with Crippen molar-refractivity contribution in [3.63, 3.8) is 0 Å². The third-order valence-electron chi connectivity index (χ3n) is 4.97. The van der Waals surface area contributed by atoms with Crippen LogP contribution in [0.5, 0.6) is 11.5 Å². The van der Waals surface area contributed by atoms with Crippen LogP contribution < -0.4 is 9.47 Å². The lowest BCUT2D eigenvalue weighted by Gasteiger charge is -2.12. The Kier molecular flexibility index (Phi) is 7.55. The second-order valence-corrected chi connectivity index (χ2v) is 7.28. The fourth-order valence-electron chi connectivity index (χ4n) is 3.09. The summed E-state index contributed by atoms with van der Waals surface area (Å²) >= 11 is 0. The van der Waals surface area contributed by atoms with Gasteiger partial charge in [0.2, 0.25) is 5.82 Å². The van der Waals surface area contributed by atoms with E-state index in [9.17, 15) is 17.6 Å². The first-order valence-electron chi connectivity index (χ1n) is 10.2. The number of hydrogen-bond acceptors (Lipinski definition) is 2. The molecule has 0 heterocycles. The predicted molar refractivity (Wildman–Crippen MR) is 112 cm³/mol. The Morgan fingerprint density at radius 1 is 0.710 bits per heavy atom. The molecule has 3 aromatic carbocycles. The van der Waals surface area contributed by atoms with Gasteiger partial charge in [0.15, 0.2) is 23.2 Å². The Balaban J connectivity index is 1.68. The molecule has 3 rings (SSSR count). The molecule has 0 aromatic heterocycles. The van der Waals surface area contributed by atoms with Crippen molar-refractivity contribution in [3.05, 3.63) is 82.9 Å². The van der Waals surface area contributed by atoms with Crippen LogP contribution in [0.25, 0.3) is 11.1 Å². The van der Waals surface area contributed by atoms with Crippen molar-refractivity contribution in [1.29, 1.82) is 0 Å². The standard InChI is InChI=1S/C25H24F4O2/c1-3-4-5-14-30-21-13-12-20(24(28)25(21)29)17-8-10-19(11-9-17)31-15-18-7-6-16(2)22(26)23(18)27/h6-13H,3-5,14-15H2,1-2H3. The van der Waals surface area contributed by atoms with Gasteiger partial charge < -0.3 is 9.47 Å². The van der Waals surface area contributed by atoms with E-state index in [1.807, 2.05) is 6.92 Å². The molecule has 0 amide bonds. The number of rotatable bonds is 9. The maximum Gasteiger partial charge on any atom is 0.201 e. The molecule has 3 aromatic rings. The maximum absolute atomic E-state index is 14.5.